The van der Waals surface area contributed by atoms with Crippen molar-refractivity contribution in [2.24, 2.45) is 0 Å². The Morgan fingerprint density at radius 1 is 1.05 bits per heavy atom. The van der Waals surface area contributed by atoms with Crippen LogP contribution in [0.25, 0.3) is 17.1 Å². The molecule has 0 fully saturated rings. The van der Waals surface area contributed by atoms with Gasteiger partial charge in [-0.1, -0.05) is 68.0 Å². The highest BCUT2D eigenvalue weighted by atomic mass is 32.1. The number of hydrogen-bond donors (Lipinski definition) is 2. The van der Waals surface area contributed by atoms with Gasteiger partial charge < -0.3 is 10.1 Å². The van der Waals surface area contributed by atoms with Crippen molar-refractivity contribution >= 4 is 23.2 Å². The molecule has 0 radical (unpaired) electrons. The molecular weight excluding hydrogens is 563 g/mol. The predicted octanol–water partition coefficient (Wildman–Crippen LogP) is 7.26. The number of nitrogens with one attached hydrogen (secondary N) is 2. The van der Waals surface area contributed by atoms with E-state index in [2.05, 4.69) is 45.4 Å². The van der Waals surface area contributed by atoms with Crippen molar-refractivity contribution in [1.29, 1.82) is 0 Å². The fourth-order valence-corrected chi connectivity index (χ4v) is 4.70. The van der Waals surface area contributed by atoms with E-state index in [1.54, 1.807) is 0 Å². The molecule has 220 valence electrons. The minimum absolute atomic E-state index is 0.287. The Morgan fingerprint density at radius 2 is 1.81 bits per heavy atom. The fraction of sp³-hybridized carbons (Fsp3) is 0.290. The Morgan fingerprint density at radius 3 is 2.52 bits per heavy atom. The lowest BCUT2D eigenvalue weighted by atomic mass is 9.95. The van der Waals surface area contributed by atoms with Gasteiger partial charge in [0.15, 0.2) is 5.82 Å². The Kier molecular flexibility index (Phi) is 9.95. The van der Waals surface area contributed by atoms with Crippen molar-refractivity contribution in [1.82, 2.24) is 25.4 Å². The zero-order valence-electron chi connectivity index (χ0n) is 23.5. The van der Waals surface area contributed by atoms with Crippen LogP contribution in [0.1, 0.15) is 54.9 Å². The largest absolute Gasteiger partial charge is 0.573 e. The van der Waals surface area contributed by atoms with E-state index in [9.17, 15) is 18.0 Å². The van der Waals surface area contributed by atoms with E-state index in [4.69, 9.17) is 12.2 Å². The second kappa shape index (κ2) is 13.6. The minimum Gasteiger partial charge on any atom is -0.406 e. The molecule has 0 aliphatic rings. The third kappa shape index (κ3) is 8.62. The van der Waals surface area contributed by atoms with Crippen LogP contribution in [0.4, 0.5) is 18.0 Å². The van der Waals surface area contributed by atoms with Crippen molar-refractivity contribution in [3.05, 3.63) is 95.3 Å². The van der Waals surface area contributed by atoms with Crippen LogP contribution >= 0.6 is 12.2 Å². The number of aryl methyl sites for hydroxylation is 2. The van der Waals surface area contributed by atoms with Crippen molar-refractivity contribution in [2.45, 2.75) is 52.3 Å². The molecule has 1 aromatic heterocycles. The summed E-state index contributed by atoms with van der Waals surface area (Å²) in [5, 5.41) is 10.1. The number of nitrogens with zero attached hydrogens (tertiary/aromatic N) is 3. The molecule has 4 aromatic rings. The lowest BCUT2D eigenvalue weighted by Crippen LogP contribution is -2.39. The smallest absolute Gasteiger partial charge is 0.406 e. The number of carbonyl (C=O) groups excluding carboxylic acids is 1. The highest BCUT2D eigenvalue weighted by Crippen LogP contribution is 2.25. The molecule has 0 aliphatic carbocycles. The maximum Gasteiger partial charge on any atom is 0.573 e. The molecule has 0 unspecified atom stereocenters. The molecule has 2 N–H and O–H groups in total. The van der Waals surface area contributed by atoms with Gasteiger partial charge in [0.2, 0.25) is 0 Å². The Labute approximate surface area is 248 Å². The number of ether oxygens (including phenoxy) is 1. The maximum atomic E-state index is 12.4. The average Bonchev–Trinajstić information content (AvgIpc) is 3.43. The molecular formula is C31H32F3N5O2S. The zero-order chi connectivity index (χ0) is 30.3. The van der Waals surface area contributed by atoms with E-state index in [-0.39, 0.29) is 17.7 Å². The van der Waals surface area contributed by atoms with Crippen LogP contribution in [0.5, 0.6) is 5.75 Å². The van der Waals surface area contributed by atoms with Gasteiger partial charge in [0.05, 0.1) is 5.69 Å². The van der Waals surface area contributed by atoms with Crippen LogP contribution in [-0.2, 0) is 6.42 Å². The number of thiocarbonyl (C=S) groups is 1. The number of urea groups is 1. The van der Waals surface area contributed by atoms with Gasteiger partial charge in [0, 0.05) is 17.7 Å². The Hall–Kier alpha value is -4.25. The SMILES string of the molecule is Cc1ccc(C(=S)NC(=O)NCCCCc2cccc(-c3ncn(-c4ccc(OC(F)(F)F)cc4)n3)c2)c(C(C)C)c1. The number of aromatic nitrogens is 3. The van der Waals surface area contributed by atoms with Crippen molar-refractivity contribution in [3.63, 3.8) is 0 Å². The second-order valence-electron chi connectivity index (χ2n) is 10.2. The van der Waals surface area contributed by atoms with Gasteiger partial charge >= 0.3 is 12.4 Å². The van der Waals surface area contributed by atoms with E-state index in [1.807, 2.05) is 43.3 Å². The summed E-state index contributed by atoms with van der Waals surface area (Å²) in [5.41, 5.74) is 5.61. The standard InChI is InChI=1S/C31H32F3N5O2S/c1-20(2)27-17-21(3)10-15-26(27)29(42)37-30(40)35-16-5-4-7-22-8-6-9-23(18-22)28-36-19-39(38-28)24-11-13-25(14-12-24)41-31(32,33)34/h6,8-15,17-20H,4-5,7,16H2,1-3H3,(H2,35,37,40,42). The summed E-state index contributed by atoms with van der Waals surface area (Å²) in [5.74, 6) is 0.479. The Balaban J connectivity index is 1.24. The molecule has 1 heterocycles. The monoisotopic (exact) mass is 595 g/mol. The summed E-state index contributed by atoms with van der Waals surface area (Å²) in [6.45, 7) is 6.74. The number of unbranched alkanes of at least 4 members (excludes halogenated alkanes) is 1. The quantitative estimate of drug-likeness (QED) is 0.149. The fourth-order valence-electron chi connectivity index (χ4n) is 4.42. The molecule has 0 saturated carbocycles. The van der Waals surface area contributed by atoms with E-state index in [0.717, 1.165) is 47.1 Å². The summed E-state index contributed by atoms with van der Waals surface area (Å²) in [6.07, 6.45) is -0.790. The number of alkyl halides is 3. The van der Waals surface area contributed by atoms with Crippen molar-refractivity contribution < 1.29 is 22.7 Å². The Bertz CT molecular complexity index is 1530. The van der Waals surface area contributed by atoms with E-state index < -0.39 is 6.36 Å². The number of amides is 2. The van der Waals surface area contributed by atoms with Crippen LogP contribution in [0, 0.1) is 6.92 Å². The van der Waals surface area contributed by atoms with Crippen LogP contribution in [-0.4, -0.2) is 38.7 Å². The zero-order valence-corrected chi connectivity index (χ0v) is 24.4. The molecule has 2 amide bonds. The summed E-state index contributed by atoms with van der Waals surface area (Å²) in [6, 6.07) is 19.0. The predicted molar refractivity (Wildman–Crippen MR) is 160 cm³/mol. The molecule has 0 aliphatic heterocycles. The summed E-state index contributed by atoms with van der Waals surface area (Å²) < 4.78 is 42.6. The molecule has 42 heavy (non-hydrogen) atoms. The van der Waals surface area contributed by atoms with Crippen LogP contribution in [0.15, 0.2) is 73.1 Å². The van der Waals surface area contributed by atoms with Gasteiger partial charge in [0.25, 0.3) is 0 Å². The van der Waals surface area contributed by atoms with Crippen molar-refractivity contribution in [2.75, 3.05) is 6.54 Å². The topological polar surface area (TPSA) is 81.1 Å². The van der Waals surface area contributed by atoms with Gasteiger partial charge in [0.1, 0.15) is 17.1 Å². The maximum absolute atomic E-state index is 12.4. The first-order valence-corrected chi connectivity index (χ1v) is 14.0. The van der Waals surface area contributed by atoms with E-state index >= 15 is 0 Å². The summed E-state index contributed by atoms with van der Waals surface area (Å²) in [4.78, 5) is 17.2. The third-order valence-electron chi connectivity index (χ3n) is 6.49. The molecule has 7 nitrogen and oxygen atoms in total. The number of rotatable bonds is 10. The lowest BCUT2D eigenvalue weighted by Gasteiger charge is -2.15. The van der Waals surface area contributed by atoms with Crippen LogP contribution in [0.3, 0.4) is 0 Å². The van der Waals surface area contributed by atoms with Gasteiger partial charge in [-0.15, -0.1) is 18.3 Å². The van der Waals surface area contributed by atoms with Crippen molar-refractivity contribution in [3.8, 4) is 22.8 Å². The number of halogens is 3. The second-order valence-corrected chi connectivity index (χ2v) is 10.6. The first-order chi connectivity index (χ1) is 20.0. The molecule has 0 saturated heterocycles. The van der Waals surface area contributed by atoms with Gasteiger partial charge in [-0.2, -0.15) is 0 Å². The molecule has 11 heteroatoms. The summed E-state index contributed by atoms with van der Waals surface area (Å²) in [7, 11) is 0. The van der Waals surface area contributed by atoms with Crippen LogP contribution in [0.2, 0.25) is 0 Å². The van der Waals surface area contributed by atoms with E-state index in [0.29, 0.717) is 23.0 Å². The van der Waals surface area contributed by atoms with Gasteiger partial charge in [-0.05, 0) is 73.6 Å². The first-order valence-electron chi connectivity index (χ1n) is 13.6. The van der Waals surface area contributed by atoms with Gasteiger partial charge in [-0.3, -0.25) is 5.32 Å². The number of hydrogen-bond acceptors (Lipinski definition) is 5. The highest BCUT2D eigenvalue weighted by molar-refractivity contribution is 7.80. The first kappa shape index (κ1) is 30.7. The highest BCUT2D eigenvalue weighted by Gasteiger charge is 2.31. The molecule has 4 rings (SSSR count). The minimum atomic E-state index is -4.74. The van der Waals surface area contributed by atoms with E-state index in [1.165, 1.54) is 35.3 Å². The lowest BCUT2D eigenvalue weighted by molar-refractivity contribution is -0.274. The normalized spacial score (nSPS) is 11.4. The number of benzene rings is 3. The molecule has 0 spiro atoms. The van der Waals surface area contributed by atoms with Crippen LogP contribution < -0.4 is 15.4 Å². The number of carbonyl (C=O) groups is 1. The molecule has 3 aromatic carbocycles. The molecule has 0 atom stereocenters. The van der Waals surface area contributed by atoms with Gasteiger partial charge in [-0.25, -0.2) is 14.5 Å². The molecule has 0 bridgehead atoms. The summed E-state index contributed by atoms with van der Waals surface area (Å²) >= 11 is 5.49. The average molecular weight is 596 g/mol. The third-order valence-corrected chi connectivity index (χ3v) is 6.81.